The molecule has 168 valence electrons. The second-order valence-corrected chi connectivity index (χ2v) is 7.25. The largest absolute Gasteiger partial charge is 0.497 e. The summed E-state index contributed by atoms with van der Waals surface area (Å²) in [6.07, 6.45) is 3.57. The Morgan fingerprint density at radius 1 is 0.906 bits per heavy atom. The van der Waals surface area contributed by atoms with Gasteiger partial charge in [0.25, 0.3) is 0 Å². The van der Waals surface area contributed by atoms with Gasteiger partial charge in [-0.1, -0.05) is 18.2 Å². The van der Waals surface area contributed by atoms with Crippen LogP contribution in [-0.2, 0) is 13.1 Å². The van der Waals surface area contributed by atoms with E-state index < -0.39 is 0 Å². The second-order valence-electron chi connectivity index (χ2n) is 6.87. The molecule has 0 aliphatic heterocycles. The normalized spacial score (nSPS) is 10.2. The van der Waals surface area contributed by atoms with Crippen molar-refractivity contribution < 1.29 is 18.9 Å². The smallest absolute Gasteiger partial charge is 0.174 e. The fourth-order valence-corrected chi connectivity index (χ4v) is 3.53. The molecule has 0 unspecified atom stereocenters. The first-order chi connectivity index (χ1) is 15.6. The summed E-state index contributed by atoms with van der Waals surface area (Å²) in [7, 11) is 6.48. The minimum Gasteiger partial charge on any atom is -0.497 e. The number of methoxy groups -OCH3 is 4. The number of para-hydroxylation sites is 1. The van der Waals surface area contributed by atoms with Crippen LogP contribution in [0.15, 0.2) is 60.9 Å². The first-order valence-electron chi connectivity index (χ1n) is 9.96. The summed E-state index contributed by atoms with van der Waals surface area (Å²) in [6.45, 7) is 1.05. The molecule has 2 aromatic carbocycles. The number of hydrogen-bond acceptors (Lipinski definition) is 6. The van der Waals surface area contributed by atoms with Crippen LogP contribution in [0.25, 0.3) is 0 Å². The summed E-state index contributed by atoms with van der Waals surface area (Å²) in [4.78, 5) is 6.26. The van der Waals surface area contributed by atoms with E-state index in [0.717, 1.165) is 16.8 Å². The molecule has 3 aromatic rings. The van der Waals surface area contributed by atoms with Gasteiger partial charge in [0.1, 0.15) is 11.5 Å². The van der Waals surface area contributed by atoms with Crippen LogP contribution in [0.5, 0.6) is 23.0 Å². The van der Waals surface area contributed by atoms with Crippen molar-refractivity contribution in [3.63, 3.8) is 0 Å². The lowest BCUT2D eigenvalue weighted by atomic mass is 10.1. The monoisotopic (exact) mass is 453 g/mol. The Balaban J connectivity index is 1.90. The van der Waals surface area contributed by atoms with Crippen LogP contribution in [0.4, 0.5) is 5.69 Å². The van der Waals surface area contributed by atoms with Gasteiger partial charge < -0.3 is 29.2 Å². The average molecular weight is 454 g/mol. The van der Waals surface area contributed by atoms with E-state index in [4.69, 9.17) is 31.2 Å². The van der Waals surface area contributed by atoms with Crippen molar-refractivity contribution in [2.45, 2.75) is 13.1 Å². The summed E-state index contributed by atoms with van der Waals surface area (Å²) in [5, 5.41) is 3.83. The maximum absolute atomic E-state index is 5.80. The number of nitrogens with zero attached hydrogens (tertiary/aromatic N) is 2. The molecule has 0 radical (unpaired) electrons. The molecule has 32 heavy (non-hydrogen) atoms. The van der Waals surface area contributed by atoms with Gasteiger partial charge in [0.2, 0.25) is 0 Å². The van der Waals surface area contributed by atoms with E-state index in [0.29, 0.717) is 41.2 Å². The predicted octanol–water partition coefficient (Wildman–Crippen LogP) is 4.52. The molecule has 0 aliphatic rings. The SMILES string of the molecule is COc1ccc(NC(=S)N(Cc2cccnc2)Cc2cccc(OC)c2OC)c(OC)c1. The molecular formula is C24H27N3O4S. The van der Waals surface area contributed by atoms with Gasteiger partial charge in [0, 0.05) is 37.1 Å². The highest BCUT2D eigenvalue weighted by Crippen LogP contribution is 2.33. The van der Waals surface area contributed by atoms with Gasteiger partial charge in [-0.25, -0.2) is 0 Å². The fourth-order valence-electron chi connectivity index (χ4n) is 3.29. The maximum Gasteiger partial charge on any atom is 0.174 e. The minimum absolute atomic E-state index is 0.500. The van der Waals surface area contributed by atoms with E-state index in [1.165, 1.54) is 0 Å². The quantitative estimate of drug-likeness (QED) is 0.475. The Hall–Kier alpha value is -3.52. The number of nitrogens with one attached hydrogen (secondary N) is 1. The molecule has 7 nitrogen and oxygen atoms in total. The number of anilines is 1. The van der Waals surface area contributed by atoms with Crippen LogP contribution in [-0.4, -0.2) is 43.4 Å². The van der Waals surface area contributed by atoms with Crippen LogP contribution < -0.4 is 24.3 Å². The lowest BCUT2D eigenvalue weighted by Crippen LogP contribution is -2.34. The summed E-state index contributed by atoms with van der Waals surface area (Å²) in [6, 6.07) is 15.2. The average Bonchev–Trinajstić information content (AvgIpc) is 2.84. The fraction of sp³-hybridized carbons (Fsp3) is 0.250. The van der Waals surface area contributed by atoms with Gasteiger partial charge in [-0.15, -0.1) is 0 Å². The van der Waals surface area contributed by atoms with Crippen LogP contribution >= 0.6 is 12.2 Å². The number of thiocarbonyl (C=S) groups is 1. The first-order valence-corrected chi connectivity index (χ1v) is 10.4. The minimum atomic E-state index is 0.500. The molecule has 0 bridgehead atoms. The Morgan fingerprint density at radius 3 is 2.38 bits per heavy atom. The van der Waals surface area contributed by atoms with E-state index in [1.807, 2.05) is 59.6 Å². The van der Waals surface area contributed by atoms with Crippen molar-refractivity contribution in [1.29, 1.82) is 0 Å². The van der Waals surface area contributed by atoms with Gasteiger partial charge in [-0.2, -0.15) is 0 Å². The summed E-state index contributed by atoms with van der Waals surface area (Å²) in [5.74, 6) is 2.68. The van der Waals surface area contributed by atoms with Crippen molar-refractivity contribution in [2.75, 3.05) is 33.8 Å². The Bertz CT molecular complexity index is 1050. The van der Waals surface area contributed by atoms with E-state index in [2.05, 4.69) is 10.3 Å². The van der Waals surface area contributed by atoms with Gasteiger partial charge in [-0.3, -0.25) is 4.98 Å². The molecule has 1 N–H and O–H groups in total. The highest BCUT2D eigenvalue weighted by molar-refractivity contribution is 7.80. The van der Waals surface area contributed by atoms with Crippen molar-refractivity contribution in [3.8, 4) is 23.0 Å². The van der Waals surface area contributed by atoms with E-state index in [1.54, 1.807) is 34.6 Å². The van der Waals surface area contributed by atoms with E-state index in [-0.39, 0.29) is 0 Å². The molecule has 8 heteroatoms. The standard InChI is InChI=1S/C24H27N3O4S/c1-28-19-10-11-20(22(13-19)30-3)26-24(32)27(15-17-7-6-12-25-14-17)16-18-8-5-9-21(29-2)23(18)31-4/h5-14H,15-16H2,1-4H3,(H,26,32). The number of rotatable bonds is 9. The van der Waals surface area contributed by atoms with Crippen molar-refractivity contribution in [2.24, 2.45) is 0 Å². The zero-order valence-corrected chi connectivity index (χ0v) is 19.4. The third kappa shape index (κ3) is 5.59. The first kappa shape index (κ1) is 23.1. The van der Waals surface area contributed by atoms with Crippen molar-refractivity contribution in [1.82, 2.24) is 9.88 Å². The molecule has 0 fully saturated rings. The predicted molar refractivity (Wildman–Crippen MR) is 129 cm³/mol. The highest BCUT2D eigenvalue weighted by Gasteiger charge is 2.18. The van der Waals surface area contributed by atoms with Gasteiger partial charge >= 0.3 is 0 Å². The van der Waals surface area contributed by atoms with Gasteiger partial charge in [0.05, 0.1) is 34.1 Å². The molecule has 0 spiro atoms. The molecule has 0 aliphatic carbocycles. The molecule has 3 rings (SSSR count). The number of benzene rings is 2. The lowest BCUT2D eigenvalue weighted by Gasteiger charge is -2.27. The number of aromatic nitrogens is 1. The molecule has 0 saturated heterocycles. The zero-order valence-electron chi connectivity index (χ0n) is 18.6. The summed E-state index contributed by atoms with van der Waals surface area (Å²) < 4.78 is 21.9. The number of ether oxygens (including phenoxy) is 4. The maximum atomic E-state index is 5.80. The Labute approximate surface area is 193 Å². The molecule has 0 saturated carbocycles. The zero-order chi connectivity index (χ0) is 22.9. The van der Waals surface area contributed by atoms with Crippen LogP contribution in [0.3, 0.4) is 0 Å². The molecule has 0 amide bonds. The molecule has 0 atom stereocenters. The Morgan fingerprint density at radius 2 is 1.72 bits per heavy atom. The number of hydrogen-bond donors (Lipinski definition) is 1. The second kappa shape index (κ2) is 11.2. The molecule has 1 aromatic heterocycles. The van der Waals surface area contributed by atoms with Crippen LogP contribution in [0.2, 0.25) is 0 Å². The number of pyridine rings is 1. The third-order valence-electron chi connectivity index (χ3n) is 4.88. The van der Waals surface area contributed by atoms with E-state index in [9.17, 15) is 0 Å². The van der Waals surface area contributed by atoms with Crippen LogP contribution in [0, 0.1) is 0 Å². The molecular weight excluding hydrogens is 426 g/mol. The highest BCUT2D eigenvalue weighted by atomic mass is 32.1. The van der Waals surface area contributed by atoms with E-state index >= 15 is 0 Å². The molecule has 1 heterocycles. The third-order valence-corrected chi connectivity index (χ3v) is 5.24. The lowest BCUT2D eigenvalue weighted by molar-refractivity contribution is 0.341. The topological polar surface area (TPSA) is 65.1 Å². The Kier molecular flexibility index (Phi) is 8.10. The van der Waals surface area contributed by atoms with Crippen molar-refractivity contribution in [3.05, 3.63) is 72.1 Å². The summed E-state index contributed by atoms with van der Waals surface area (Å²) in [5.41, 5.74) is 2.72. The van der Waals surface area contributed by atoms with Crippen molar-refractivity contribution >= 4 is 23.0 Å². The summed E-state index contributed by atoms with van der Waals surface area (Å²) >= 11 is 5.80. The van der Waals surface area contributed by atoms with Crippen LogP contribution in [0.1, 0.15) is 11.1 Å². The van der Waals surface area contributed by atoms with Gasteiger partial charge in [-0.05, 0) is 42.0 Å². The van der Waals surface area contributed by atoms with Gasteiger partial charge in [0.15, 0.2) is 16.6 Å².